The number of aliphatic hydroxyl groups is 1. The summed E-state index contributed by atoms with van der Waals surface area (Å²) in [6, 6.07) is 3.21. The molecule has 6 nitrogen and oxygen atoms in total. The Hall–Kier alpha value is -1.66. The molecular weight excluding hydrogens is 284 g/mol. The summed E-state index contributed by atoms with van der Waals surface area (Å²) < 4.78 is 10.6. The molecule has 2 unspecified atom stereocenters. The second kappa shape index (κ2) is 6.22. The van der Waals surface area contributed by atoms with E-state index in [0.29, 0.717) is 13.0 Å². The molecule has 2 rings (SSSR count). The van der Waals surface area contributed by atoms with Gasteiger partial charge in [-0.1, -0.05) is 0 Å². The number of amides is 1. The molecule has 0 aromatic carbocycles. The van der Waals surface area contributed by atoms with E-state index in [2.05, 4.69) is 10.3 Å². The summed E-state index contributed by atoms with van der Waals surface area (Å²) in [5.74, 6) is 0. The lowest BCUT2D eigenvalue weighted by Gasteiger charge is -2.28. The van der Waals surface area contributed by atoms with Gasteiger partial charge in [0.25, 0.3) is 0 Å². The van der Waals surface area contributed by atoms with Crippen LogP contribution in [0.15, 0.2) is 24.5 Å². The van der Waals surface area contributed by atoms with Crippen LogP contribution in [-0.4, -0.2) is 46.1 Å². The van der Waals surface area contributed by atoms with Gasteiger partial charge in [0.1, 0.15) is 17.3 Å². The van der Waals surface area contributed by atoms with Crippen molar-refractivity contribution in [1.29, 1.82) is 0 Å². The summed E-state index contributed by atoms with van der Waals surface area (Å²) in [4.78, 5) is 16.0. The maximum atomic E-state index is 12.0. The molecule has 22 heavy (non-hydrogen) atoms. The molecule has 0 aliphatic carbocycles. The second-order valence-corrected chi connectivity index (χ2v) is 6.86. The number of alkyl carbamates (subject to hydrolysis) is 1. The summed E-state index contributed by atoms with van der Waals surface area (Å²) in [7, 11) is 0. The number of carbonyl (C=O) groups excluding carboxylic acids is 1. The van der Waals surface area contributed by atoms with E-state index in [1.54, 1.807) is 33.2 Å². The molecule has 1 aromatic rings. The maximum absolute atomic E-state index is 12.0. The lowest BCUT2D eigenvalue weighted by Crippen LogP contribution is -2.51. The van der Waals surface area contributed by atoms with Gasteiger partial charge in [-0.2, -0.15) is 0 Å². The third-order valence-corrected chi connectivity index (χ3v) is 3.51. The Balaban J connectivity index is 2.06. The highest BCUT2D eigenvalue weighted by Crippen LogP contribution is 2.32. The lowest BCUT2D eigenvalue weighted by molar-refractivity contribution is 0.0268. The molecule has 6 heteroatoms. The number of hydrogen-bond acceptors (Lipinski definition) is 5. The fourth-order valence-corrected chi connectivity index (χ4v) is 2.18. The van der Waals surface area contributed by atoms with Gasteiger partial charge in [-0.25, -0.2) is 4.79 Å². The van der Waals surface area contributed by atoms with Gasteiger partial charge >= 0.3 is 6.09 Å². The quantitative estimate of drug-likeness (QED) is 0.808. The molecular formula is C16H24N2O4. The molecule has 0 saturated carbocycles. The molecule has 1 fully saturated rings. The number of nitrogens with one attached hydrogen (secondary N) is 1. The van der Waals surface area contributed by atoms with Gasteiger partial charge in [-0.05, 0) is 51.8 Å². The Morgan fingerprint density at radius 2 is 2.09 bits per heavy atom. The van der Waals surface area contributed by atoms with Crippen LogP contribution in [0.1, 0.15) is 33.3 Å². The van der Waals surface area contributed by atoms with Crippen LogP contribution in [0.4, 0.5) is 4.79 Å². The van der Waals surface area contributed by atoms with Gasteiger partial charge in [0.15, 0.2) is 0 Å². The highest BCUT2D eigenvalue weighted by Gasteiger charge is 2.50. The number of carbonyl (C=O) groups is 1. The van der Waals surface area contributed by atoms with Crippen LogP contribution in [0.3, 0.4) is 0 Å². The molecule has 0 bridgehead atoms. The van der Waals surface area contributed by atoms with Crippen molar-refractivity contribution in [3.8, 4) is 0 Å². The van der Waals surface area contributed by atoms with Crippen LogP contribution in [0.5, 0.6) is 0 Å². The predicted molar refractivity (Wildman–Crippen MR) is 81.5 cm³/mol. The van der Waals surface area contributed by atoms with E-state index in [1.807, 2.05) is 19.1 Å². The zero-order chi connectivity index (χ0) is 16.4. The predicted octanol–water partition coefficient (Wildman–Crippen LogP) is 1.67. The average molecular weight is 308 g/mol. The van der Waals surface area contributed by atoms with Crippen molar-refractivity contribution in [1.82, 2.24) is 10.3 Å². The lowest BCUT2D eigenvalue weighted by atomic mass is 9.93. The van der Waals surface area contributed by atoms with Crippen molar-refractivity contribution >= 4 is 6.09 Å². The first-order valence-corrected chi connectivity index (χ1v) is 7.40. The second-order valence-electron chi connectivity index (χ2n) is 6.86. The molecule has 1 aliphatic rings. The number of pyridine rings is 1. The summed E-state index contributed by atoms with van der Waals surface area (Å²) in [5.41, 5.74) is -0.220. The van der Waals surface area contributed by atoms with Crippen molar-refractivity contribution in [2.45, 2.75) is 57.5 Å². The van der Waals surface area contributed by atoms with Gasteiger partial charge in [-0.3, -0.25) is 4.98 Å². The summed E-state index contributed by atoms with van der Waals surface area (Å²) >= 11 is 0. The fraction of sp³-hybridized carbons (Fsp3) is 0.625. The van der Waals surface area contributed by atoms with Crippen molar-refractivity contribution < 1.29 is 19.4 Å². The molecule has 1 aromatic heterocycles. The first-order valence-electron chi connectivity index (χ1n) is 7.40. The zero-order valence-electron chi connectivity index (χ0n) is 13.5. The topological polar surface area (TPSA) is 84.0 Å². The van der Waals surface area contributed by atoms with Gasteiger partial charge in [0.2, 0.25) is 0 Å². The Morgan fingerprint density at radius 3 is 2.59 bits per heavy atom. The van der Waals surface area contributed by atoms with E-state index in [1.165, 1.54) is 0 Å². The van der Waals surface area contributed by atoms with Crippen LogP contribution in [0, 0.1) is 0 Å². The number of epoxide rings is 1. The minimum Gasteiger partial charge on any atom is -0.444 e. The van der Waals surface area contributed by atoms with Crippen LogP contribution in [0.2, 0.25) is 0 Å². The first-order chi connectivity index (χ1) is 10.2. The van der Waals surface area contributed by atoms with Crippen LogP contribution in [-0.2, 0) is 15.9 Å². The highest BCUT2D eigenvalue weighted by atomic mass is 16.6. The third kappa shape index (κ3) is 4.68. The number of hydrogen-bond donors (Lipinski definition) is 2. The van der Waals surface area contributed by atoms with Gasteiger partial charge in [0.05, 0.1) is 12.6 Å². The van der Waals surface area contributed by atoms with Gasteiger partial charge in [0, 0.05) is 12.4 Å². The molecule has 1 saturated heterocycles. The Morgan fingerprint density at radius 1 is 1.50 bits per heavy atom. The molecule has 122 valence electrons. The third-order valence-electron chi connectivity index (χ3n) is 3.51. The Kier molecular flexibility index (Phi) is 4.72. The largest absolute Gasteiger partial charge is 0.444 e. The monoisotopic (exact) mass is 308 g/mol. The number of aliphatic hydroxyl groups excluding tert-OH is 1. The summed E-state index contributed by atoms with van der Waals surface area (Å²) in [6.45, 7) is 7.70. The number of ether oxygens (including phenoxy) is 2. The van der Waals surface area contributed by atoms with E-state index in [4.69, 9.17) is 9.47 Å². The van der Waals surface area contributed by atoms with E-state index < -0.39 is 29.4 Å². The molecule has 1 aliphatic heterocycles. The Bertz CT molecular complexity index is 509. The zero-order valence-corrected chi connectivity index (χ0v) is 13.5. The number of nitrogens with zero attached hydrogens (tertiary/aromatic N) is 1. The fourth-order valence-electron chi connectivity index (χ4n) is 2.18. The van der Waals surface area contributed by atoms with E-state index in [0.717, 1.165) is 5.56 Å². The van der Waals surface area contributed by atoms with Crippen molar-refractivity contribution in [3.63, 3.8) is 0 Å². The van der Waals surface area contributed by atoms with E-state index >= 15 is 0 Å². The van der Waals surface area contributed by atoms with E-state index in [9.17, 15) is 9.90 Å². The SMILES string of the molecule is CC(C)(C)OC(=O)N[C@@H](Cc1ccncc1)C(O)C1(C)CO1. The molecule has 1 amide bonds. The van der Waals surface area contributed by atoms with Crippen LogP contribution < -0.4 is 5.32 Å². The minimum atomic E-state index is -0.812. The Labute approximate surface area is 130 Å². The average Bonchev–Trinajstić information content (AvgIpc) is 3.15. The minimum absolute atomic E-state index is 0.474. The first kappa shape index (κ1) is 16.7. The number of aromatic nitrogens is 1. The van der Waals surface area contributed by atoms with Crippen LogP contribution in [0.25, 0.3) is 0 Å². The van der Waals surface area contributed by atoms with Crippen LogP contribution >= 0.6 is 0 Å². The van der Waals surface area contributed by atoms with Crippen molar-refractivity contribution in [2.75, 3.05) is 6.61 Å². The molecule has 2 heterocycles. The van der Waals surface area contributed by atoms with Gasteiger partial charge in [-0.15, -0.1) is 0 Å². The normalized spacial score (nSPS) is 23.5. The molecule has 0 spiro atoms. The molecule has 3 atom stereocenters. The summed E-state index contributed by atoms with van der Waals surface area (Å²) in [6.07, 6.45) is 2.48. The maximum Gasteiger partial charge on any atom is 0.407 e. The van der Waals surface area contributed by atoms with Crippen molar-refractivity contribution in [3.05, 3.63) is 30.1 Å². The standard InChI is InChI=1S/C16H24N2O4/c1-15(2,3)22-14(20)18-12(13(19)16(4)10-21-16)9-11-5-7-17-8-6-11/h5-8,12-13,19H,9-10H2,1-4H3,(H,18,20)/t12-,13?,16?/m0/s1. The van der Waals surface area contributed by atoms with Gasteiger partial charge < -0.3 is 19.9 Å². The van der Waals surface area contributed by atoms with E-state index in [-0.39, 0.29) is 0 Å². The highest BCUT2D eigenvalue weighted by molar-refractivity contribution is 5.68. The molecule has 2 N–H and O–H groups in total. The smallest absolute Gasteiger partial charge is 0.407 e. The van der Waals surface area contributed by atoms with Crippen molar-refractivity contribution in [2.24, 2.45) is 0 Å². The number of rotatable bonds is 5. The summed E-state index contributed by atoms with van der Waals surface area (Å²) in [5, 5.41) is 13.3. The molecule has 0 radical (unpaired) electrons.